The summed E-state index contributed by atoms with van der Waals surface area (Å²) >= 11 is 0. The van der Waals surface area contributed by atoms with E-state index >= 15 is 0 Å². The summed E-state index contributed by atoms with van der Waals surface area (Å²) in [6, 6.07) is 5.52. The fourth-order valence-corrected chi connectivity index (χ4v) is 2.95. The third-order valence-corrected chi connectivity index (χ3v) is 4.25. The second-order valence-electron chi connectivity index (χ2n) is 4.52. The van der Waals surface area contributed by atoms with Gasteiger partial charge >= 0.3 is 0 Å². The van der Waals surface area contributed by atoms with Gasteiger partial charge in [0.25, 0.3) is 10.0 Å². The highest BCUT2D eigenvalue weighted by Gasteiger charge is 2.19. The first-order chi connectivity index (χ1) is 9.33. The fourth-order valence-electron chi connectivity index (χ4n) is 1.80. The van der Waals surface area contributed by atoms with Gasteiger partial charge < -0.3 is 9.67 Å². The summed E-state index contributed by atoms with van der Waals surface area (Å²) in [7, 11) is -2.26. The highest BCUT2D eigenvalue weighted by molar-refractivity contribution is 7.92. The van der Waals surface area contributed by atoms with Gasteiger partial charge in [0.2, 0.25) is 0 Å². The molecule has 2 N–H and O–H groups in total. The SMILES string of the molecule is Cc1ccc(F)c(NS(=O)(=O)c2cc(CO)n(C)c2)c1. The Labute approximate surface area is 116 Å². The standard InChI is InChI=1S/C13H15FN2O3S/c1-9-3-4-12(14)13(5-9)15-20(18,19)11-6-10(8-17)16(2)7-11/h3-7,15,17H,8H2,1-2H3. The van der Waals surface area contributed by atoms with Crippen LogP contribution in [-0.4, -0.2) is 18.1 Å². The molecule has 0 amide bonds. The molecule has 1 heterocycles. The number of nitrogens with zero attached hydrogens (tertiary/aromatic N) is 1. The molecule has 0 unspecified atom stereocenters. The molecule has 0 aliphatic rings. The summed E-state index contributed by atoms with van der Waals surface area (Å²) in [5.74, 6) is -0.641. The molecule has 0 aliphatic carbocycles. The lowest BCUT2D eigenvalue weighted by Gasteiger charge is -2.08. The number of hydrogen-bond donors (Lipinski definition) is 2. The van der Waals surface area contributed by atoms with E-state index in [9.17, 15) is 12.8 Å². The highest BCUT2D eigenvalue weighted by atomic mass is 32.2. The molecular weight excluding hydrogens is 283 g/mol. The largest absolute Gasteiger partial charge is 0.390 e. The molecule has 2 aromatic rings. The molecule has 0 spiro atoms. The average molecular weight is 298 g/mol. The van der Waals surface area contributed by atoms with Crippen molar-refractivity contribution >= 4 is 15.7 Å². The summed E-state index contributed by atoms with van der Waals surface area (Å²) in [5, 5.41) is 9.07. The van der Waals surface area contributed by atoms with Gasteiger partial charge in [-0.15, -0.1) is 0 Å². The molecule has 0 saturated carbocycles. The van der Waals surface area contributed by atoms with Crippen molar-refractivity contribution in [3.8, 4) is 0 Å². The molecule has 0 fully saturated rings. The van der Waals surface area contributed by atoms with Crippen LogP contribution in [0.3, 0.4) is 0 Å². The van der Waals surface area contributed by atoms with Gasteiger partial charge in [-0.2, -0.15) is 0 Å². The molecule has 2 rings (SSSR count). The minimum absolute atomic E-state index is 0.0232. The van der Waals surface area contributed by atoms with Crippen molar-refractivity contribution in [2.24, 2.45) is 7.05 Å². The molecule has 20 heavy (non-hydrogen) atoms. The van der Waals surface area contributed by atoms with Crippen molar-refractivity contribution in [2.75, 3.05) is 4.72 Å². The Hall–Kier alpha value is -1.86. The van der Waals surface area contributed by atoms with E-state index in [1.807, 2.05) is 0 Å². The van der Waals surface area contributed by atoms with Crippen LogP contribution in [0.1, 0.15) is 11.3 Å². The molecule has 1 aromatic carbocycles. The van der Waals surface area contributed by atoms with E-state index in [2.05, 4.69) is 4.72 Å². The topological polar surface area (TPSA) is 71.3 Å². The zero-order chi connectivity index (χ0) is 14.9. The van der Waals surface area contributed by atoms with Crippen molar-refractivity contribution in [1.29, 1.82) is 0 Å². The van der Waals surface area contributed by atoms with E-state index in [1.54, 1.807) is 20.0 Å². The first-order valence-corrected chi connectivity index (χ1v) is 7.37. The average Bonchev–Trinajstić information content (AvgIpc) is 2.76. The van der Waals surface area contributed by atoms with Crippen molar-refractivity contribution in [3.05, 3.63) is 47.5 Å². The van der Waals surface area contributed by atoms with E-state index in [1.165, 1.54) is 29.0 Å². The molecule has 1 aromatic heterocycles. The molecule has 5 nitrogen and oxygen atoms in total. The van der Waals surface area contributed by atoms with Gasteiger partial charge in [0.15, 0.2) is 0 Å². The quantitative estimate of drug-likeness (QED) is 0.903. The Balaban J connectivity index is 2.37. The van der Waals surface area contributed by atoms with Crippen LogP contribution in [0.15, 0.2) is 35.4 Å². The molecule has 0 radical (unpaired) electrons. The summed E-state index contributed by atoms with van der Waals surface area (Å²) in [4.78, 5) is -0.0232. The normalized spacial score (nSPS) is 11.6. The number of benzene rings is 1. The van der Waals surface area contributed by atoms with Crippen molar-refractivity contribution in [2.45, 2.75) is 18.4 Å². The van der Waals surface area contributed by atoms with E-state index in [0.29, 0.717) is 5.69 Å². The molecule has 0 atom stereocenters. The van der Waals surface area contributed by atoms with Gasteiger partial charge in [0.05, 0.1) is 12.3 Å². The van der Waals surface area contributed by atoms with Crippen LogP contribution in [0.4, 0.5) is 10.1 Å². The minimum atomic E-state index is -3.89. The van der Waals surface area contributed by atoms with E-state index in [0.717, 1.165) is 5.56 Å². The summed E-state index contributed by atoms with van der Waals surface area (Å²) in [6.45, 7) is 1.47. The predicted octanol–water partition coefficient (Wildman–Crippen LogP) is 1.77. The number of anilines is 1. The second-order valence-corrected chi connectivity index (χ2v) is 6.21. The van der Waals surface area contributed by atoms with Crippen LogP contribution >= 0.6 is 0 Å². The lowest BCUT2D eigenvalue weighted by atomic mass is 10.2. The van der Waals surface area contributed by atoms with E-state index < -0.39 is 15.8 Å². The number of hydrogen-bond acceptors (Lipinski definition) is 3. The second kappa shape index (κ2) is 5.26. The number of sulfonamides is 1. The van der Waals surface area contributed by atoms with E-state index in [-0.39, 0.29) is 17.2 Å². The van der Waals surface area contributed by atoms with Gasteiger partial charge in [-0.25, -0.2) is 12.8 Å². The summed E-state index contributed by atoms with van der Waals surface area (Å²) in [6.07, 6.45) is 1.36. The molecule has 0 saturated heterocycles. The van der Waals surface area contributed by atoms with Gasteiger partial charge in [-0.05, 0) is 30.7 Å². The number of rotatable bonds is 4. The Kier molecular flexibility index (Phi) is 3.82. The minimum Gasteiger partial charge on any atom is -0.390 e. The number of aryl methyl sites for hydroxylation is 2. The van der Waals surface area contributed by atoms with Crippen LogP contribution < -0.4 is 4.72 Å². The Morgan fingerprint density at radius 2 is 2.05 bits per heavy atom. The Bertz CT molecular complexity index is 738. The number of halogens is 1. The summed E-state index contributed by atoms with van der Waals surface area (Å²) < 4.78 is 41.7. The van der Waals surface area contributed by atoms with E-state index in [4.69, 9.17) is 5.11 Å². The van der Waals surface area contributed by atoms with Crippen molar-refractivity contribution < 1.29 is 17.9 Å². The molecular formula is C13H15FN2O3S. The van der Waals surface area contributed by atoms with Gasteiger partial charge in [-0.1, -0.05) is 6.07 Å². The van der Waals surface area contributed by atoms with Crippen LogP contribution in [0, 0.1) is 12.7 Å². The third kappa shape index (κ3) is 2.83. The summed E-state index contributed by atoms with van der Waals surface area (Å²) in [5.41, 5.74) is 1.10. The zero-order valence-electron chi connectivity index (χ0n) is 11.1. The first kappa shape index (κ1) is 14.5. The molecule has 108 valence electrons. The number of aliphatic hydroxyl groups is 1. The van der Waals surface area contributed by atoms with Crippen molar-refractivity contribution in [3.63, 3.8) is 0 Å². The smallest absolute Gasteiger partial charge is 0.263 e. The first-order valence-electron chi connectivity index (χ1n) is 5.88. The van der Waals surface area contributed by atoms with Crippen LogP contribution in [-0.2, 0) is 23.7 Å². The highest BCUT2D eigenvalue weighted by Crippen LogP contribution is 2.21. The maximum atomic E-state index is 13.6. The number of aliphatic hydroxyl groups excluding tert-OH is 1. The maximum absolute atomic E-state index is 13.6. The molecule has 7 heteroatoms. The van der Waals surface area contributed by atoms with Gasteiger partial charge in [-0.3, -0.25) is 4.72 Å². The van der Waals surface area contributed by atoms with Crippen LogP contribution in [0.5, 0.6) is 0 Å². The van der Waals surface area contributed by atoms with Gasteiger partial charge in [0.1, 0.15) is 10.7 Å². The lowest BCUT2D eigenvalue weighted by molar-refractivity contribution is 0.272. The van der Waals surface area contributed by atoms with Crippen LogP contribution in [0.25, 0.3) is 0 Å². The number of aromatic nitrogens is 1. The van der Waals surface area contributed by atoms with Crippen molar-refractivity contribution in [1.82, 2.24) is 4.57 Å². The Morgan fingerprint density at radius 1 is 1.35 bits per heavy atom. The fraction of sp³-hybridized carbons (Fsp3) is 0.231. The lowest BCUT2D eigenvalue weighted by Crippen LogP contribution is -2.13. The predicted molar refractivity (Wildman–Crippen MR) is 73.3 cm³/mol. The monoisotopic (exact) mass is 298 g/mol. The zero-order valence-corrected chi connectivity index (χ0v) is 11.9. The van der Waals surface area contributed by atoms with Gasteiger partial charge in [0, 0.05) is 18.9 Å². The van der Waals surface area contributed by atoms with Crippen LogP contribution in [0.2, 0.25) is 0 Å². The molecule has 0 aliphatic heterocycles. The number of nitrogens with one attached hydrogen (secondary N) is 1. The molecule has 0 bridgehead atoms. The third-order valence-electron chi connectivity index (χ3n) is 2.92. The maximum Gasteiger partial charge on any atom is 0.263 e. The Morgan fingerprint density at radius 3 is 2.65 bits per heavy atom.